The SMILES string of the molecule is CCn1c(=O)n(CC)c2cc(C(=O)N3CCCCCCCN(C(=O)CC(C)C)c4ccccc4C3)ccc21. The van der Waals surface area contributed by atoms with E-state index in [0.717, 1.165) is 54.4 Å². The van der Waals surface area contributed by atoms with Gasteiger partial charge in [-0.3, -0.25) is 18.7 Å². The van der Waals surface area contributed by atoms with Gasteiger partial charge in [0.05, 0.1) is 11.0 Å². The summed E-state index contributed by atoms with van der Waals surface area (Å²) < 4.78 is 3.49. The van der Waals surface area contributed by atoms with E-state index in [1.165, 1.54) is 0 Å². The van der Waals surface area contributed by atoms with Gasteiger partial charge in [0.2, 0.25) is 5.91 Å². The summed E-state index contributed by atoms with van der Waals surface area (Å²) in [5.74, 6) is 0.385. The fraction of sp³-hybridized carbons (Fsp3) is 0.516. The minimum atomic E-state index is -0.0434. The van der Waals surface area contributed by atoms with Gasteiger partial charge in [-0.15, -0.1) is 0 Å². The number of hydrogen-bond acceptors (Lipinski definition) is 3. The van der Waals surface area contributed by atoms with Crippen LogP contribution in [0.2, 0.25) is 0 Å². The Morgan fingerprint density at radius 1 is 0.842 bits per heavy atom. The Labute approximate surface area is 226 Å². The third-order valence-corrected chi connectivity index (χ3v) is 7.52. The van der Waals surface area contributed by atoms with Crippen LogP contribution in [0.3, 0.4) is 0 Å². The van der Waals surface area contributed by atoms with Crippen molar-refractivity contribution >= 4 is 28.5 Å². The van der Waals surface area contributed by atoms with Crippen LogP contribution in [0.15, 0.2) is 47.3 Å². The van der Waals surface area contributed by atoms with E-state index in [1.54, 1.807) is 9.13 Å². The van der Waals surface area contributed by atoms with Gasteiger partial charge in [0.1, 0.15) is 0 Å². The molecule has 38 heavy (non-hydrogen) atoms. The van der Waals surface area contributed by atoms with Crippen molar-refractivity contribution in [3.8, 4) is 0 Å². The molecule has 0 N–H and O–H groups in total. The molecule has 0 unspecified atom stereocenters. The second-order valence-corrected chi connectivity index (χ2v) is 10.7. The summed E-state index contributed by atoms with van der Waals surface area (Å²) in [4.78, 5) is 43.9. The number of carbonyl (C=O) groups is 2. The fourth-order valence-corrected chi connectivity index (χ4v) is 5.55. The first-order valence-electron chi connectivity index (χ1n) is 14.3. The molecule has 2 aromatic carbocycles. The third kappa shape index (κ3) is 5.87. The minimum absolute atomic E-state index is 0.0407. The first-order chi connectivity index (χ1) is 18.3. The molecule has 7 heteroatoms. The molecule has 0 saturated carbocycles. The van der Waals surface area contributed by atoms with Gasteiger partial charge in [0, 0.05) is 50.4 Å². The summed E-state index contributed by atoms with van der Waals surface area (Å²) in [6, 6.07) is 13.6. The number of fused-ring (bicyclic) bond motifs is 2. The Morgan fingerprint density at radius 2 is 1.50 bits per heavy atom. The summed E-state index contributed by atoms with van der Waals surface area (Å²) in [6.07, 6.45) is 5.65. The van der Waals surface area contributed by atoms with Crippen LogP contribution in [0.5, 0.6) is 0 Å². The lowest BCUT2D eigenvalue weighted by Gasteiger charge is -2.30. The van der Waals surface area contributed by atoms with Crippen molar-refractivity contribution in [2.75, 3.05) is 18.0 Å². The van der Waals surface area contributed by atoms with Crippen molar-refractivity contribution < 1.29 is 9.59 Å². The van der Waals surface area contributed by atoms with Crippen LogP contribution in [0.4, 0.5) is 5.69 Å². The van der Waals surface area contributed by atoms with Gasteiger partial charge in [0.15, 0.2) is 0 Å². The fourth-order valence-electron chi connectivity index (χ4n) is 5.55. The molecular weight excluding hydrogens is 476 g/mol. The lowest BCUT2D eigenvalue weighted by atomic mass is 10.0. The molecule has 0 bridgehead atoms. The summed E-state index contributed by atoms with van der Waals surface area (Å²) >= 11 is 0. The number of amides is 2. The van der Waals surface area contributed by atoms with Gasteiger partial charge in [-0.1, -0.05) is 51.3 Å². The highest BCUT2D eigenvalue weighted by Crippen LogP contribution is 2.27. The van der Waals surface area contributed by atoms with E-state index in [-0.39, 0.29) is 23.4 Å². The zero-order valence-corrected chi connectivity index (χ0v) is 23.4. The molecule has 3 aromatic rings. The Hall–Kier alpha value is -3.35. The largest absolute Gasteiger partial charge is 0.334 e. The number of imidazole rings is 1. The number of rotatable bonds is 5. The van der Waals surface area contributed by atoms with Crippen LogP contribution < -0.4 is 10.6 Å². The number of para-hydroxylation sites is 1. The molecule has 0 aliphatic carbocycles. The average Bonchev–Trinajstić information content (AvgIpc) is 3.17. The van der Waals surface area contributed by atoms with Crippen molar-refractivity contribution in [2.45, 2.75) is 85.9 Å². The quantitative estimate of drug-likeness (QED) is 0.427. The lowest BCUT2D eigenvalue weighted by molar-refractivity contribution is -0.119. The van der Waals surface area contributed by atoms with E-state index in [0.29, 0.717) is 44.7 Å². The minimum Gasteiger partial charge on any atom is -0.334 e. The van der Waals surface area contributed by atoms with E-state index < -0.39 is 0 Å². The standard InChI is InChI=1S/C31H42N4O3/c1-5-33-27-17-16-24(21-28(27)34(6-2)31(33)38)30(37)32-18-12-8-7-9-13-19-35(29(36)20-23(3)4)26-15-11-10-14-25(26)22-32/h10-11,14-17,21,23H,5-9,12-13,18-20,22H2,1-4H3. The molecule has 0 atom stereocenters. The van der Waals surface area contributed by atoms with Crippen molar-refractivity contribution in [3.63, 3.8) is 0 Å². The molecule has 0 radical (unpaired) electrons. The monoisotopic (exact) mass is 518 g/mol. The predicted octanol–water partition coefficient (Wildman–Crippen LogP) is 5.83. The zero-order chi connectivity index (χ0) is 27.2. The second kappa shape index (κ2) is 12.5. The maximum Gasteiger partial charge on any atom is 0.329 e. The lowest BCUT2D eigenvalue weighted by Crippen LogP contribution is -2.36. The van der Waals surface area contributed by atoms with Crippen molar-refractivity contribution in [3.05, 3.63) is 64.1 Å². The van der Waals surface area contributed by atoms with Gasteiger partial charge in [-0.25, -0.2) is 4.79 Å². The number of nitrogens with zero attached hydrogens (tertiary/aromatic N) is 4. The maximum atomic E-state index is 13.9. The number of anilines is 1. The van der Waals surface area contributed by atoms with Crippen molar-refractivity contribution in [2.24, 2.45) is 5.92 Å². The molecule has 1 aliphatic heterocycles. The molecule has 2 heterocycles. The molecule has 1 aliphatic rings. The number of hydrogen-bond donors (Lipinski definition) is 0. The third-order valence-electron chi connectivity index (χ3n) is 7.52. The van der Waals surface area contributed by atoms with Crippen LogP contribution in [-0.2, 0) is 24.4 Å². The molecule has 204 valence electrons. The number of aromatic nitrogens is 2. The van der Waals surface area contributed by atoms with E-state index in [1.807, 2.05) is 66.1 Å². The maximum absolute atomic E-state index is 13.9. The average molecular weight is 519 g/mol. The summed E-state index contributed by atoms with van der Waals surface area (Å²) in [7, 11) is 0. The van der Waals surface area contributed by atoms with Gasteiger partial charge < -0.3 is 9.80 Å². The highest BCUT2D eigenvalue weighted by Gasteiger charge is 2.24. The van der Waals surface area contributed by atoms with E-state index in [2.05, 4.69) is 13.8 Å². The van der Waals surface area contributed by atoms with E-state index in [4.69, 9.17) is 0 Å². The smallest absolute Gasteiger partial charge is 0.329 e. The molecule has 0 spiro atoms. The highest BCUT2D eigenvalue weighted by atomic mass is 16.2. The zero-order valence-electron chi connectivity index (χ0n) is 23.4. The molecule has 1 aromatic heterocycles. The number of benzene rings is 2. The number of carbonyl (C=O) groups excluding carboxylic acids is 2. The van der Waals surface area contributed by atoms with Crippen LogP contribution in [-0.4, -0.2) is 38.9 Å². The Morgan fingerprint density at radius 3 is 2.21 bits per heavy atom. The Balaban J connectivity index is 1.71. The first kappa shape index (κ1) is 27.7. The van der Waals surface area contributed by atoms with Crippen LogP contribution in [0, 0.1) is 5.92 Å². The first-order valence-corrected chi connectivity index (χ1v) is 14.3. The Bertz CT molecular complexity index is 1340. The van der Waals surface area contributed by atoms with Crippen molar-refractivity contribution in [1.82, 2.24) is 14.0 Å². The molecular formula is C31H42N4O3. The normalized spacial score (nSPS) is 15.3. The summed E-state index contributed by atoms with van der Waals surface area (Å²) in [5, 5.41) is 0. The Kier molecular flexibility index (Phi) is 9.08. The summed E-state index contributed by atoms with van der Waals surface area (Å²) in [6.45, 7) is 11.0. The van der Waals surface area contributed by atoms with E-state index >= 15 is 0 Å². The highest BCUT2D eigenvalue weighted by molar-refractivity contribution is 5.98. The second-order valence-electron chi connectivity index (χ2n) is 10.7. The van der Waals surface area contributed by atoms with Gasteiger partial charge >= 0.3 is 5.69 Å². The topological polar surface area (TPSA) is 67.6 Å². The van der Waals surface area contributed by atoms with Gasteiger partial charge in [-0.05, 0) is 62.4 Å². The van der Waals surface area contributed by atoms with E-state index in [9.17, 15) is 14.4 Å². The molecule has 0 saturated heterocycles. The van der Waals surface area contributed by atoms with Gasteiger partial charge in [-0.2, -0.15) is 0 Å². The van der Waals surface area contributed by atoms with Crippen LogP contribution in [0.25, 0.3) is 11.0 Å². The van der Waals surface area contributed by atoms with Crippen LogP contribution in [0.1, 0.15) is 82.1 Å². The molecule has 7 nitrogen and oxygen atoms in total. The molecule has 0 fully saturated rings. The summed E-state index contributed by atoms with van der Waals surface area (Å²) in [5.41, 5.74) is 4.10. The molecule has 4 rings (SSSR count). The van der Waals surface area contributed by atoms with Crippen LogP contribution >= 0.6 is 0 Å². The van der Waals surface area contributed by atoms with Gasteiger partial charge in [0.25, 0.3) is 5.91 Å². The van der Waals surface area contributed by atoms with Crippen molar-refractivity contribution in [1.29, 1.82) is 0 Å². The predicted molar refractivity (Wildman–Crippen MR) is 154 cm³/mol. The molecule has 2 amide bonds. The number of aryl methyl sites for hydroxylation is 2.